The van der Waals surface area contributed by atoms with Crippen molar-refractivity contribution in [2.75, 3.05) is 0 Å². The van der Waals surface area contributed by atoms with E-state index in [0.29, 0.717) is 6.04 Å². The van der Waals surface area contributed by atoms with Crippen LogP contribution in [-0.2, 0) is 6.54 Å². The van der Waals surface area contributed by atoms with Crippen molar-refractivity contribution in [2.24, 2.45) is 0 Å². The molecule has 2 aromatic rings. The van der Waals surface area contributed by atoms with E-state index >= 15 is 0 Å². The Morgan fingerprint density at radius 3 is 2.60 bits per heavy atom. The van der Waals surface area contributed by atoms with Crippen molar-refractivity contribution in [3.8, 4) is 5.75 Å². The number of thiophene rings is 1. The first-order valence-electron chi connectivity index (χ1n) is 7.10. The summed E-state index contributed by atoms with van der Waals surface area (Å²) in [5, 5.41) is 3.56. The third kappa shape index (κ3) is 4.36. The van der Waals surface area contributed by atoms with Gasteiger partial charge in [-0.15, -0.1) is 11.3 Å². The lowest BCUT2D eigenvalue weighted by Gasteiger charge is -2.14. The van der Waals surface area contributed by atoms with E-state index in [4.69, 9.17) is 4.74 Å². The molecule has 0 radical (unpaired) electrons. The molecule has 0 fully saturated rings. The van der Waals surface area contributed by atoms with Crippen LogP contribution in [0.1, 0.15) is 42.1 Å². The summed E-state index contributed by atoms with van der Waals surface area (Å²) < 4.78 is 5.72. The van der Waals surface area contributed by atoms with Crippen LogP contribution in [-0.4, -0.2) is 6.10 Å². The van der Waals surface area contributed by atoms with Crippen molar-refractivity contribution in [3.63, 3.8) is 0 Å². The Hall–Kier alpha value is -1.32. The summed E-state index contributed by atoms with van der Waals surface area (Å²) in [7, 11) is 0. The van der Waals surface area contributed by atoms with E-state index in [-0.39, 0.29) is 6.10 Å². The molecule has 3 heteroatoms. The lowest BCUT2D eigenvalue weighted by atomic mass is 10.2. The van der Waals surface area contributed by atoms with Gasteiger partial charge in [0.1, 0.15) is 5.75 Å². The first-order valence-corrected chi connectivity index (χ1v) is 7.91. The summed E-state index contributed by atoms with van der Waals surface area (Å²) in [5.41, 5.74) is 1.25. The fraction of sp³-hybridized carbons (Fsp3) is 0.412. The summed E-state index contributed by atoms with van der Waals surface area (Å²) in [6, 6.07) is 13.1. The first kappa shape index (κ1) is 15.1. The third-order valence-electron chi connectivity index (χ3n) is 3.07. The van der Waals surface area contributed by atoms with Crippen molar-refractivity contribution in [1.82, 2.24) is 5.32 Å². The Labute approximate surface area is 125 Å². The number of nitrogens with one attached hydrogen (secondary N) is 1. The van der Waals surface area contributed by atoms with Gasteiger partial charge in [-0.3, -0.25) is 0 Å². The molecule has 0 amide bonds. The average Bonchev–Trinajstić information content (AvgIpc) is 2.82. The zero-order valence-corrected chi connectivity index (χ0v) is 13.5. The van der Waals surface area contributed by atoms with E-state index in [9.17, 15) is 0 Å². The van der Waals surface area contributed by atoms with Gasteiger partial charge in [0.2, 0.25) is 0 Å². The van der Waals surface area contributed by atoms with E-state index in [1.165, 1.54) is 15.3 Å². The van der Waals surface area contributed by atoms with Crippen LogP contribution in [0.15, 0.2) is 36.4 Å². The lowest BCUT2D eigenvalue weighted by Crippen LogP contribution is -2.17. The maximum absolute atomic E-state index is 5.72. The van der Waals surface area contributed by atoms with E-state index in [1.807, 2.05) is 31.3 Å². The summed E-state index contributed by atoms with van der Waals surface area (Å²) in [6.45, 7) is 9.30. The number of aryl methyl sites for hydroxylation is 1. The van der Waals surface area contributed by atoms with Gasteiger partial charge in [-0.1, -0.05) is 12.1 Å². The van der Waals surface area contributed by atoms with E-state index in [0.717, 1.165) is 12.3 Å². The molecule has 2 rings (SSSR count). The quantitative estimate of drug-likeness (QED) is 0.832. The summed E-state index contributed by atoms with van der Waals surface area (Å²) in [6.07, 6.45) is 0.214. The molecule has 1 unspecified atom stereocenters. The molecule has 0 spiro atoms. The van der Waals surface area contributed by atoms with Gasteiger partial charge in [0.15, 0.2) is 0 Å². The van der Waals surface area contributed by atoms with Crippen LogP contribution in [0, 0.1) is 6.92 Å². The van der Waals surface area contributed by atoms with Crippen molar-refractivity contribution >= 4 is 11.3 Å². The first-order chi connectivity index (χ1) is 9.54. The van der Waals surface area contributed by atoms with Gasteiger partial charge < -0.3 is 10.1 Å². The molecule has 1 N–H and O–H groups in total. The highest BCUT2D eigenvalue weighted by molar-refractivity contribution is 7.12. The second-order valence-corrected chi connectivity index (χ2v) is 6.68. The summed E-state index contributed by atoms with van der Waals surface area (Å²) in [4.78, 5) is 2.75. The highest BCUT2D eigenvalue weighted by Crippen LogP contribution is 2.23. The van der Waals surface area contributed by atoms with Gasteiger partial charge in [-0.2, -0.15) is 0 Å². The minimum absolute atomic E-state index is 0.214. The molecule has 1 heterocycles. The van der Waals surface area contributed by atoms with Crippen LogP contribution in [0.5, 0.6) is 5.75 Å². The van der Waals surface area contributed by atoms with Crippen molar-refractivity contribution in [2.45, 2.75) is 46.4 Å². The molecule has 2 nitrogen and oxygen atoms in total. The Morgan fingerprint density at radius 2 is 1.95 bits per heavy atom. The normalized spacial score (nSPS) is 12.7. The molecule has 0 aliphatic rings. The Bertz CT molecular complexity index is 547. The molecule has 108 valence electrons. The second-order valence-electron chi connectivity index (χ2n) is 5.37. The fourth-order valence-corrected chi connectivity index (χ4v) is 2.96. The second kappa shape index (κ2) is 6.91. The molecule has 0 aliphatic carbocycles. The molecule has 0 bridgehead atoms. The average molecular weight is 289 g/mol. The van der Waals surface area contributed by atoms with E-state index in [1.54, 1.807) is 0 Å². The summed E-state index contributed by atoms with van der Waals surface area (Å²) in [5.74, 6) is 0.943. The van der Waals surface area contributed by atoms with E-state index < -0.39 is 0 Å². The van der Waals surface area contributed by atoms with Gasteiger partial charge in [-0.25, -0.2) is 0 Å². The van der Waals surface area contributed by atoms with Crippen molar-refractivity contribution < 1.29 is 4.74 Å². The number of benzene rings is 1. The number of rotatable bonds is 6. The number of hydrogen-bond acceptors (Lipinski definition) is 3. The van der Waals surface area contributed by atoms with Gasteiger partial charge in [-0.05, 0) is 57.5 Å². The zero-order chi connectivity index (χ0) is 14.5. The monoisotopic (exact) mass is 289 g/mol. The summed E-state index contributed by atoms with van der Waals surface area (Å²) >= 11 is 1.86. The van der Waals surface area contributed by atoms with Crippen LogP contribution >= 0.6 is 11.3 Å². The lowest BCUT2D eigenvalue weighted by molar-refractivity contribution is 0.242. The highest BCUT2D eigenvalue weighted by Gasteiger charge is 2.07. The smallest absolute Gasteiger partial charge is 0.120 e. The van der Waals surface area contributed by atoms with Crippen molar-refractivity contribution in [1.29, 1.82) is 0 Å². The van der Waals surface area contributed by atoms with E-state index in [2.05, 4.69) is 49.5 Å². The largest absolute Gasteiger partial charge is 0.491 e. The number of ether oxygens (including phenoxy) is 1. The van der Waals surface area contributed by atoms with Gasteiger partial charge in [0, 0.05) is 22.3 Å². The molecule has 20 heavy (non-hydrogen) atoms. The molecular weight excluding hydrogens is 266 g/mol. The standard InChI is InChI=1S/C17H23NOS/c1-12(2)19-16-7-5-6-15(10-16)11-18-14(4)17-9-8-13(3)20-17/h5-10,12,14,18H,11H2,1-4H3. The molecule has 1 aromatic carbocycles. The Balaban J connectivity index is 1.93. The predicted molar refractivity (Wildman–Crippen MR) is 86.5 cm³/mol. The van der Waals surface area contributed by atoms with Gasteiger partial charge >= 0.3 is 0 Å². The SMILES string of the molecule is Cc1ccc(C(C)NCc2cccc(OC(C)C)c2)s1. The highest BCUT2D eigenvalue weighted by atomic mass is 32.1. The van der Waals surface area contributed by atoms with Crippen LogP contribution in [0.3, 0.4) is 0 Å². The Morgan fingerprint density at radius 1 is 1.15 bits per heavy atom. The molecule has 0 saturated carbocycles. The number of hydrogen-bond donors (Lipinski definition) is 1. The molecule has 1 aromatic heterocycles. The van der Waals surface area contributed by atoms with Gasteiger partial charge in [0.05, 0.1) is 6.10 Å². The molecule has 1 atom stereocenters. The maximum Gasteiger partial charge on any atom is 0.120 e. The maximum atomic E-state index is 5.72. The topological polar surface area (TPSA) is 21.3 Å². The zero-order valence-electron chi connectivity index (χ0n) is 12.6. The molecule has 0 saturated heterocycles. The third-order valence-corrected chi connectivity index (χ3v) is 4.25. The van der Waals surface area contributed by atoms with Crippen LogP contribution in [0.25, 0.3) is 0 Å². The van der Waals surface area contributed by atoms with Crippen LogP contribution in [0.2, 0.25) is 0 Å². The minimum atomic E-state index is 0.214. The molecular formula is C17H23NOS. The fourth-order valence-electron chi connectivity index (χ4n) is 2.06. The minimum Gasteiger partial charge on any atom is -0.491 e. The van der Waals surface area contributed by atoms with Crippen molar-refractivity contribution in [3.05, 3.63) is 51.7 Å². The Kier molecular flexibility index (Phi) is 5.21. The van der Waals surface area contributed by atoms with Gasteiger partial charge in [0.25, 0.3) is 0 Å². The van der Waals surface area contributed by atoms with Crippen LogP contribution in [0.4, 0.5) is 0 Å². The molecule has 0 aliphatic heterocycles. The predicted octanol–water partition coefficient (Wildman–Crippen LogP) is 4.69. The van der Waals surface area contributed by atoms with Crippen LogP contribution < -0.4 is 10.1 Å².